The summed E-state index contributed by atoms with van der Waals surface area (Å²) in [6.45, 7) is 3.61. The lowest BCUT2D eigenvalue weighted by Gasteiger charge is -2.11. The summed E-state index contributed by atoms with van der Waals surface area (Å²) in [5.41, 5.74) is 0.322. The number of rotatable bonds is 2. The minimum Gasteiger partial charge on any atom is -0.310 e. The fourth-order valence-corrected chi connectivity index (χ4v) is 1.73. The van der Waals surface area contributed by atoms with Crippen LogP contribution in [0.5, 0.6) is 0 Å². The van der Waals surface area contributed by atoms with Crippen molar-refractivity contribution in [2.75, 3.05) is 0 Å². The molecule has 0 N–H and O–H groups in total. The first-order valence-electron chi connectivity index (χ1n) is 5.39. The number of halogens is 2. The quantitative estimate of drug-likeness (QED) is 0.786. The minimum atomic E-state index is -0.809. The van der Waals surface area contributed by atoms with Gasteiger partial charge >= 0.3 is 0 Å². The Kier molecular flexibility index (Phi) is 3.43. The van der Waals surface area contributed by atoms with Crippen molar-refractivity contribution in [3.8, 4) is 11.3 Å². The van der Waals surface area contributed by atoms with E-state index >= 15 is 0 Å². The molecular formula is C12H11ClFN3O. The summed E-state index contributed by atoms with van der Waals surface area (Å²) in [5, 5.41) is 0.0789. The summed E-state index contributed by atoms with van der Waals surface area (Å²) in [5.74, 6) is -0.809. The molecule has 18 heavy (non-hydrogen) atoms. The lowest BCUT2D eigenvalue weighted by atomic mass is 10.2. The van der Waals surface area contributed by atoms with E-state index < -0.39 is 11.4 Å². The van der Waals surface area contributed by atoms with Crippen LogP contribution in [-0.2, 0) is 0 Å². The zero-order valence-corrected chi connectivity index (χ0v) is 10.6. The fourth-order valence-electron chi connectivity index (χ4n) is 1.59. The minimum absolute atomic E-state index is 0.0789. The average Bonchev–Trinajstić information content (AvgIpc) is 2.32. The van der Waals surface area contributed by atoms with Crippen LogP contribution in [0, 0.1) is 5.82 Å². The molecule has 94 valence electrons. The predicted molar refractivity (Wildman–Crippen MR) is 67.1 cm³/mol. The van der Waals surface area contributed by atoms with Crippen molar-refractivity contribution in [3.05, 3.63) is 46.0 Å². The van der Waals surface area contributed by atoms with Crippen LogP contribution in [0.15, 0.2) is 29.3 Å². The van der Waals surface area contributed by atoms with Gasteiger partial charge in [0, 0.05) is 24.0 Å². The Hall–Kier alpha value is -1.75. The largest absolute Gasteiger partial charge is 0.310 e. The zero-order valence-electron chi connectivity index (χ0n) is 9.89. The third kappa shape index (κ3) is 2.41. The second kappa shape index (κ2) is 4.86. The highest BCUT2D eigenvalue weighted by atomic mass is 35.5. The summed E-state index contributed by atoms with van der Waals surface area (Å²) in [6.07, 6.45) is 3.04. The first-order valence-corrected chi connectivity index (χ1v) is 5.77. The molecule has 0 radical (unpaired) electrons. The summed E-state index contributed by atoms with van der Waals surface area (Å²) in [6, 6.07) is 2.62. The van der Waals surface area contributed by atoms with Crippen LogP contribution >= 0.6 is 11.6 Å². The van der Waals surface area contributed by atoms with Gasteiger partial charge in [0.15, 0.2) is 5.82 Å². The van der Waals surface area contributed by atoms with Gasteiger partial charge in [-0.1, -0.05) is 0 Å². The third-order valence-corrected chi connectivity index (χ3v) is 2.66. The molecule has 2 rings (SSSR count). The topological polar surface area (TPSA) is 47.8 Å². The van der Waals surface area contributed by atoms with Crippen LogP contribution < -0.4 is 5.56 Å². The highest BCUT2D eigenvalue weighted by Crippen LogP contribution is 2.18. The van der Waals surface area contributed by atoms with Crippen molar-refractivity contribution in [1.82, 2.24) is 14.5 Å². The predicted octanol–water partition coefficient (Wildman–Crippen LogP) is 2.68. The summed E-state index contributed by atoms with van der Waals surface area (Å²) >= 11 is 5.68. The Bertz CT molecular complexity index is 639. The van der Waals surface area contributed by atoms with Crippen LogP contribution in [0.1, 0.15) is 19.9 Å². The Morgan fingerprint density at radius 1 is 1.44 bits per heavy atom. The number of aromatic nitrogens is 3. The molecule has 0 spiro atoms. The molecule has 2 heterocycles. The maximum atomic E-state index is 13.6. The van der Waals surface area contributed by atoms with Gasteiger partial charge in [0.05, 0.1) is 5.69 Å². The normalized spacial score (nSPS) is 10.9. The number of pyridine rings is 1. The molecule has 0 saturated heterocycles. The molecule has 2 aromatic rings. The van der Waals surface area contributed by atoms with Gasteiger partial charge in [-0.25, -0.2) is 14.4 Å². The van der Waals surface area contributed by atoms with Crippen molar-refractivity contribution in [2.45, 2.75) is 19.9 Å². The van der Waals surface area contributed by atoms with Gasteiger partial charge in [0.25, 0.3) is 5.56 Å². The highest BCUT2D eigenvalue weighted by Gasteiger charge is 2.11. The van der Waals surface area contributed by atoms with Crippen LogP contribution in [-0.4, -0.2) is 14.5 Å². The zero-order chi connectivity index (χ0) is 13.3. The smallest absolute Gasteiger partial charge is 0.286 e. The molecule has 0 aliphatic rings. The van der Waals surface area contributed by atoms with E-state index in [2.05, 4.69) is 9.97 Å². The van der Waals surface area contributed by atoms with Crippen molar-refractivity contribution in [2.24, 2.45) is 0 Å². The average molecular weight is 268 g/mol. The van der Waals surface area contributed by atoms with Crippen LogP contribution in [0.2, 0.25) is 5.28 Å². The number of nitrogens with zero attached hydrogens (tertiary/aromatic N) is 3. The molecule has 0 unspecified atom stereocenters. The first kappa shape index (κ1) is 12.7. The van der Waals surface area contributed by atoms with E-state index in [1.54, 1.807) is 26.1 Å². The van der Waals surface area contributed by atoms with Crippen molar-refractivity contribution < 1.29 is 4.39 Å². The van der Waals surface area contributed by atoms with Gasteiger partial charge in [0.2, 0.25) is 5.28 Å². The van der Waals surface area contributed by atoms with Gasteiger partial charge in [-0.15, -0.1) is 0 Å². The molecule has 0 amide bonds. The molecule has 6 heteroatoms. The summed E-state index contributed by atoms with van der Waals surface area (Å²) in [7, 11) is 0. The lowest BCUT2D eigenvalue weighted by Crippen LogP contribution is -2.24. The fraction of sp³-hybridized carbons (Fsp3) is 0.250. The van der Waals surface area contributed by atoms with Gasteiger partial charge < -0.3 is 4.57 Å². The van der Waals surface area contributed by atoms with E-state index in [9.17, 15) is 9.18 Å². The van der Waals surface area contributed by atoms with Crippen LogP contribution in [0.25, 0.3) is 11.3 Å². The molecule has 2 aromatic heterocycles. The Morgan fingerprint density at radius 2 is 2.17 bits per heavy atom. The molecule has 4 nitrogen and oxygen atoms in total. The molecule has 0 saturated carbocycles. The molecular weight excluding hydrogens is 257 g/mol. The van der Waals surface area contributed by atoms with Crippen molar-refractivity contribution in [3.63, 3.8) is 0 Å². The molecule has 0 fully saturated rings. The first-order chi connectivity index (χ1) is 8.49. The monoisotopic (exact) mass is 267 g/mol. The summed E-state index contributed by atoms with van der Waals surface area (Å²) < 4.78 is 14.9. The van der Waals surface area contributed by atoms with Gasteiger partial charge in [-0.2, -0.15) is 0 Å². The van der Waals surface area contributed by atoms with Crippen molar-refractivity contribution in [1.29, 1.82) is 0 Å². The molecule has 0 bridgehead atoms. The van der Waals surface area contributed by atoms with Gasteiger partial charge in [-0.3, -0.25) is 4.79 Å². The van der Waals surface area contributed by atoms with E-state index in [0.717, 1.165) is 6.07 Å². The molecule has 0 aliphatic carbocycles. The van der Waals surface area contributed by atoms with E-state index in [1.165, 1.54) is 10.8 Å². The van der Waals surface area contributed by atoms with E-state index in [0.29, 0.717) is 11.3 Å². The Labute approximate surface area is 108 Å². The Morgan fingerprint density at radius 3 is 2.78 bits per heavy atom. The second-order valence-corrected chi connectivity index (χ2v) is 4.43. The number of hydrogen-bond donors (Lipinski definition) is 0. The third-order valence-electron chi connectivity index (χ3n) is 2.48. The van der Waals surface area contributed by atoms with E-state index in [-0.39, 0.29) is 11.3 Å². The van der Waals surface area contributed by atoms with E-state index in [1.807, 2.05) is 0 Å². The van der Waals surface area contributed by atoms with Crippen LogP contribution in [0.3, 0.4) is 0 Å². The highest BCUT2D eigenvalue weighted by molar-refractivity contribution is 6.28. The lowest BCUT2D eigenvalue weighted by molar-refractivity contribution is 0.527. The second-order valence-electron chi connectivity index (χ2n) is 4.09. The van der Waals surface area contributed by atoms with Gasteiger partial charge in [0.1, 0.15) is 0 Å². The maximum Gasteiger partial charge on any atom is 0.286 e. The van der Waals surface area contributed by atoms with Crippen LogP contribution in [0.4, 0.5) is 4.39 Å². The SMILES string of the molecule is CC(C)n1cc(-c2ccnc(Cl)n2)cc(F)c1=O. The van der Waals surface area contributed by atoms with Gasteiger partial charge in [-0.05, 0) is 37.6 Å². The standard InChI is InChI=1S/C12H11ClFN3O/c1-7(2)17-6-8(5-9(14)11(17)18)10-3-4-15-12(13)16-10/h3-7H,1-2H3. The van der Waals surface area contributed by atoms with Crippen molar-refractivity contribution >= 4 is 11.6 Å². The molecule has 0 atom stereocenters. The molecule has 0 aromatic carbocycles. The molecule has 0 aliphatic heterocycles. The number of hydrogen-bond acceptors (Lipinski definition) is 3. The maximum absolute atomic E-state index is 13.6. The Balaban J connectivity index is 2.63. The summed E-state index contributed by atoms with van der Waals surface area (Å²) in [4.78, 5) is 19.3. The van der Waals surface area contributed by atoms with E-state index in [4.69, 9.17) is 11.6 Å².